The number of aromatic nitrogens is 5. The van der Waals surface area contributed by atoms with Crippen LogP contribution < -0.4 is 10.6 Å². The van der Waals surface area contributed by atoms with E-state index < -0.39 is 0 Å². The predicted octanol–water partition coefficient (Wildman–Crippen LogP) is 3.56. The number of aromatic amines is 1. The summed E-state index contributed by atoms with van der Waals surface area (Å²) in [5.41, 5.74) is 3.50. The first-order valence-electron chi connectivity index (χ1n) is 9.86. The molecule has 0 bridgehead atoms. The number of carbonyl (C=O) groups excluding carboxylic acids is 1. The molecule has 0 saturated heterocycles. The summed E-state index contributed by atoms with van der Waals surface area (Å²) < 4.78 is 1.71. The Morgan fingerprint density at radius 1 is 1.37 bits per heavy atom. The van der Waals surface area contributed by atoms with Crippen LogP contribution in [0.3, 0.4) is 0 Å². The standard InChI is InChI=1S/C22H27N7O/c1-5-7-8-16(21(30)23-6-2)11-15(3)12-20-26-22(29(4)28-20)25-18-9-10-19-17(13-18)14-24-27-19/h5,8-11,13-14H,1,6-7,12H2,2-4H3,(H,23,30)(H,24,27)(H,25,26,28)/b15-11-,16-8+. The van der Waals surface area contributed by atoms with Crippen LogP contribution in [0.15, 0.2) is 60.3 Å². The Hall–Kier alpha value is -3.68. The molecule has 8 nitrogen and oxygen atoms in total. The van der Waals surface area contributed by atoms with Gasteiger partial charge in [-0.05, 0) is 38.5 Å². The molecule has 30 heavy (non-hydrogen) atoms. The van der Waals surface area contributed by atoms with Crippen LogP contribution in [-0.2, 0) is 18.3 Å². The number of allylic oxidation sites excluding steroid dienone is 3. The van der Waals surface area contributed by atoms with Gasteiger partial charge in [0.05, 0.1) is 11.7 Å². The van der Waals surface area contributed by atoms with Gasteiger partial charge in [-0.3, -0.25) is 9.89 Å². The summed E-state index contributed by atoms with van der Waals surface area (Å²) in [5.74, 6) is 1.23. The van der Waals surface area contributed by atoms with Gasteiger partial charge in [-0.2, -0.15) is 15.2 Å². The number of aryl methyl sites for hydroxylation is 1. The maximum Gasteiger partial charge on any atom is 0.250 e. The molecule has 2 heterocycles. The predicted molar refractivity (Wildman–Crippen MR) is 119 cm³/mol. The van der Waals surface area contributed by atoms with Crippen molar-refractivity contribution in [1.29, 1.82) is 0 Å². The van der Waals surface area contributed by atoms with E-state index in [0.29, 0.717) is 36.7 Å². The van der Waals surface area contributed by atoms with E-state index in [-0.39, 0.29) is 5.91 Å². The van der Waals surface area contributed by atoms with Crippen LogP contribution in [0.4, 0.5) is 11.6 Å². The Bertz CT molecular complexity index is 1100. The van der Waals surface area contributed by atoms with Gasteiger partial charge in [0.1, 0.15) is 0 Å². The van der Waals surface area contributed by atoms with Gasteiger partial charge in [0.25, 0.3) is 5.91 Å². The van der Waals surface area contributed by atoms with Crippen molar-refractivity contribution in [3.05, 3.63) is 66.2 Å². The Balaban J connectivity index is 1.74. The van der Waals surface area contributed by atoms with Gasteiger partial charge < -0.3 is 10.6 Å². The van der Waals surface area contributed by atoms with Crippen molar-refractivity contribution in [2.45, 2.75) is 26.7 Å². The molecule has 0 unspecified atom stereocenters. The van der Waals surface area contributed by atoms with Crippen LogP contribution in [0.1, 0.15) is 26.1 Å². The number of fused-ring (bicyclic) bond motifs is 1. The Kier molecular flexibility index (Phi) is 6.79. The second-order valence-corrected chi connectivity index (χ2v) is 6.98. The molecule has 0 spiro atoms. The third-order valence-electron chi connectivity index (χ3n) is 4.45. The van der Waals surface area contributed by atoms with E-state index in [1.165, 1.54) is 0 Å². The molecule has 3 rings (SSSR count). The number of nitrogens with zero attached hydrogens (tertiary/aromatic N) is 4. The minimum absolute atomic E-state index is 0.0929. The molecule has 2 aromatic heterocycles. The molecule has 8 heteroatoms. The van der Waals surface area contributed by atoms with Crippen LogP contribution >= 0.6 is 0 Å². The lowest BCUT2D eigenvalue weighted by Gasteiger charge is -2.05. The highest BCUT2D eigenvalue weighted by Gasteiger charge is 2.11. The number of H-pyrrole nitrogens is 1. The second kappa shape index (κ2) is 9.69. The summed E-state index contributed by atoms with van der Waals surface area (Å²) in [6.45, 7) is 8.16. The highest BCUT2D eigenvalue weighted by molar-refractivity contribution is 5.96. The fraction of sp³-hybridized carbons (Fsp3) is 0.273. The number of likely N-dealkylation sites (N-methyl/N-ethyl adjacent to an activating group) is 1. The molecule has 156 valence electrons. The van der Waals surface area contributed by atoms with Crippen molar-refractivity contribution in [2.24, 2.45) is 7.05 Å². The van der Waals surface area contributed by atoms with E-state index in [9.17, 15) is 4.79 Å². The van der Waals surface area contributed by atoms with Crippen LogP contribution in [-0.4, -0.2) is 37.4 Å². The van der Waals surface area contributed by atoms with Crippen LogP contribution in [0.5, 0.6) is 0 Å². The van der Waals surface area contributed by atoms with Crippen molar-refractivity contribution in [1.82, 2.24) is 30.3 Å². The summed E-state index contributed by atoms with van der Waals surface area (Å²) in [6, 6.07) is 5.93. The van der Waals surface area contributed by atoms with E-state index in [0.717, 1.165) is 22.2 Å². The number of amides is 1. The van der Waals surface area contributed by atoms with E-state index >= 15 is 0 Å². The lowest BCUT2D eigenvalue weighted by molar-refractivity contribution is -0.117. The van der Waals surface area contributed by atoms with Crippen LogP contribution in [0.25, 0.3) is 10.9 Å². The summed E-state index contributed by atoms with van der Waals surface area (Å²) >= 11 is 0. The largest absolute Gasteiger partial charge is 0.352 e. The number of carbonyl (C=O) groups is 1. The zero-order chi connectivity index (χ0) is 21.5. The monoisotopic (exact) mass is 405 g/mol. The van der Waals surface area contributed by atoms with E-state index in [1.54, 1.807) is 17.0 Å². The van der Waals surface area contributed by atoms with Gasteiger partial charge in [0, 0.05) is 36.7 Å². The highest BCUT2D eigenvalue weighted by Crippen LogP contribution is 2.20. The average Bonchev–Trinajstić information content (AvgIpc) is 3.31. The zero-order valence-corrected chi connectivity index (χ0v) is 17.6. The number of hydrogen-bond acceptors (Lipinski definition) is 5. The van der Waals surface area contributed by atoms with Crippen molar-refractivity contribution in [3.63, 3.8) is 0 Å². The molecule has 0 fully saturated rings. The first kappa shape index (κ1) is 21.0. The lowest BCUT2D eigenvalue weighted by Crippen LogP contribution is -2.24. The molecular formula is C22H27N7O. The first-order valence-corrected chi connectivity index (χ1v) is 9.86. The third kappa shape index (κ3) is 5.22. The summed E-state index contributed by atoms with van der Waals surface area (Å²) in [6.07, 6.45) is 8.47. The van der Waals surface area contributed by atoms with Crippen molar-refractivity contribution >= 4 is 28.4 Å². The molecular weight excluding hydrogens is 378 g/mol. The molecule has 0 aliphatic carbocycles. The molecule has 3 aromatic rings. The van der Waals surface area contributed by atoms with Crippen molar-refractivity contribution in [3.8, 4) is 0 Å². The van der Waals surface area contributed by atoms with E-state index in [1.807, 2.05) is 51.2 Å². The van der Waals surface area contributed by atoms with Gasteiger partial charge in [0.15, 0.2) is 5.82 Å². The van der Waals surface area contributed by atoms with E-state index in [2.05, 4.69) is 37.5 Å². The maximum absolute atomic E-state index is 12.3. The van der Waals surface area contributed by atoms with Crippen LogP contribution in [0.2, 0.25) is 0 Å². The van der Waals surface area contributed by atoms with Crippen LogP contribution in [0, 0.1) is 0 Å². The SMILES string of the molecule is C=CC/C=C(\C=C(\C)Cc1nc(Nc2ccc3[nH]ncc3c2)n(C)n1)C(=O)NCC. The number of nitrogens with one attached hydrogen (secondary N) is 3. The van der Waals surface area contributed by atoms with Gasteiger partial charge in [-0.15, -0.1) is 6.58 Å². The summed E-state index contributed by atoms with van der Waals surface area (Å²) in [5, 5.41) is 18.6. The smallest absolute Gasteiger partial charge is 0.250 e. The summed E-state index contributed by atoms with van der Waals surface area (Å²) in [4.78, 5) is 16.9. The third-order valence-corrected chi connectivity index (χ3v) is 4.45. The molecule has 0 aliphatic rings. The Morgan fingerprint density at radius 3 is 2.97 bits per heavy atom. The van der Waals surface area contributed by atoms with E-state index in [4.69, 9.17) is 0 Å². The fourth-order valence-electron chi connectivity index (χ4n) is 3.03. The molecule has 0 atom stereocenters. The maximum atomic E-state index is 12.3. The topological polar surface area (TPSA) is 101 Å². The average molecular weight is 406 g/mol. The number of hydrogen-bond donors (Lipinski definition) is 3. The molecule has 0 saturated carbocycles. The lowest BCUT2D eigenvalue weighted by atomic mass is 10.1. The Labute approximate surface area is 175 Å². The van der Waals surface area contributed by atoms with Gasteiger partial charge >= 0.3 is 0 Å². The second-order valence-electron chi connectivity index (χ2n) is 6.98. The quantitative estimate of drug-likeness (QED) is 0.287. The first-order chi connectivity index (χ1) is 14.5. The molecule has 3 N–H and O–H groups in total. The number of rotatable bonds is 9. The Morgan fingerprint density at radius 2 is 2.20 bits per heavy atom. The minimum atomic E-state index is -0.0929. The molecule has 1 aromatic carbocycles. The van der Waals surface area contributed by atoms with Gasteiger partial charge in [0.2, 0.25) is 5.95 Å². The van der Waals surface area contributed by atoms with Crippen molar-refractivity contribution in [2.75, 3.05) is 11.9 Å². The van der Waals surface area contributed by atoms with Gasteiger partial charge in [-0.25, -0.2) is 4.68 Å². The zero-order valence-electron chi connectivity index (χ0n) is 17.6. The minimum Gasteiger partial charge on any atom is -0.352 e. The normalized spacial score (nSPS) is 12.2. The fourth-order valence-corrected chi connectivity index (χ4v) is 3.03. The number of benzene rings is 1. The van der Waals surface area contributed by atoms with Gasteiger partial charge in [-0.1, -0.05) is 23.8 Å². The van der Waals surface area contributed by atoms with Crippen molar-refractivity contribution < 1.29 is 4.79 Å². The summed E-state index contributed by atoms with van der Waals surface area (Å²) in [7, 11) is 1.85. The highest BCUT2D eigenvalue weighted by atomic mass is 16.1. The molecule has 1 amide bonds. The molecule has 0 radical (unpaired) electrons. The molecule has 0 aliphatic heterocycles. The number of anilines is 2.